The number of nitrogens with zero attached hydrogens (tertiary/aromatic N) is 3. The number of carbonyl (C=O) groups excluding carboxylic acids is 1. The molecule has 150 valence electrons. The average Bonchev–Trinajstić information content (AvgIpc) is 3.35. The van der Waals surface area contributed by atoms with Crippen LogP contribution in [0.25, 0.3) is 0 Å². The average molecular weight is 427 g/mol. The Kier molecular flexibility index (Phi) is 5.73. The lowest BCUT2D eigenvalue weighted by atomic mass is 10.0. The number of carbonyl (C=O) groups is 1. The van der Waals surface area contributed by atoms with Gasteiger partial charge in [-0.15, -0.1) is 16.4 Å². The van der Waals surface area contributed by atoms with Crippen LogP contribution in [0, 0.1) is 6.92 Å². The Morgan fingerprint density at radius 2 is 2.17 bits per heavy atom. The number of rotatable bonds is 6. The van der Waals surface area contributed by atoms with Crippen molar-refractivity contribution in [2.75, 3.05) is 11.9 Å². The van der Waals surface area contributed by atoms with Gasteiger partial charge in [0.25, 0.3) is 0 Å². The van der Waals surface area contributed by atoms with Crippen LogP contribution in [0.1, 0.15) is 35.9 Å². The summed E-state index contributed by atoms with van der Waals surface area (Å²) < 4.78 is 7.11. The van der Waals surface area contributed by atoms with Crippen molar-refractivity contribution in [3.05, 3.63) is 69.1 Å². The molecule has 0 fully saturated rings. The van der Waals surface area contributed by atoms with Gasteiger partial charge in [0.1, 0.15) is 6.04 Å². The SMILES string of the molecule is CCOC(=O)C1=C(C)Nc2nc(SCc3cccc(C)c3)nn2[C@H]1c1cccs1. The molecule has 6 nitrogen and oxygen atoms in total. The summed E-state index contributed by atoms with van der Waals surface area (Å²) in [4.78, 5) is 18.4. The van der Waals surface area contributed by atoms with E-state index in [1.54, 1.807) is 27.8 Å². The molecule has 8 heteroatoms. The molecule has 0 saturated heterocycles. The van der Waals surface area contributed by atoms with Gasteiger partial charge >= 0.3 is 5.97 Å². The van der Waals surface area contributed by atoms with Gasteiger partial charge in [-0.05, 0) is 37.8 Å². The number of hydrogen-bond acceptors (Lipinski definition) is 7. The second kappa shape index (κ2) is 8.42. The largest absolute Gasteiger partial charge is 0.463 e. The summed E-state index contributed by atoms with van der Waals surface area (Å²) >= 11 is 3.17. The topological polar surface area (TPSA) is 69.0 Å². The van der Waals surface area contributed by atoms with E-state index in [0.717, 1.165) is 16.3 Å². The molecule has 1 aliphatic rings. The van der Waals surface area contributed by atoms with E-state index in [1.165, 1.54) is 11.1 Å². The Bertz CT molecular complexity index is 1060. The van der Waals surface area contributed by atoms with Gasteiger partial charge in [0.2, 0.25) is 11.1 Å². The van der Waals surface area contributed by atoms with Gasteiger partial charge in [-0.2, -0.15) is 4.98 Å². The Morgan fingerprint density at radius 1 is 1.31 bits per heavy atom. The molecule has 0 amide bonds. The summed E-state index contributed by atoms with van der Waals surface area (Å²) in [6.45, 7) is 6.10. The molecule has 2 aromatic heterocycles. The lowest BCUT2D eigenvalue weighted by Gasteiger charge is -2.26. The van der Waals surface area contributed by atoms with Gasteiger partial charge in [0.15, 0.2) is 0 Å². The lowest BCUT2D eigenvalue weighted by Crippen LogP contribution is -2.29. The summed E-state index contributed by atoms with van der Waals surface area (Å²) in [7, 11) is 0. The minimum Gasteiger partial charge on any atom is -0.463 e. The third-order valence-electron chi connectivity index (χ3n) is 4.59. The molecule has 0 spiro atoms. The summed E-state index contributed by atoms with van der Waals surface area (Å²) in [5.74, 6) is 1.10. The zero-order valence-electron chi connectivity index (χ0n) is 16.5. The van der Waals surface area contributed by atoms with Gasteiger partial charge in [0.05, 0.1) is 12.2 Å². The monoisotopic (exact) mass is 426 g/mol. The molecule has 29 heavy (non-hydrogen) atoms. The van der Waals surface area contributed by atoms with Crippen molar-refractivity contribution in [2.45, 2.75) is 37.7 Å². The summed E-state index contributed by atoms with van der Waals surface area (Å²) in [6.07, 6.45) is 0. The number of hydrogen-bond donors (Lipinski definition) is 1. The zero-order chi connectivity index (χ0) is 20.4. The van der Waals surface area contributed by atoms with Crippen molar-refractivity contribution in [3.8, 4) is 0 Å². The molecule has 1 atom stereocenters. The van der Waals surface area contributed by atoms with E-state index in [4.69, 9.17) is 9.84 Å². The van der Waals surface area contributed by atoms with Crippen LogP contribution < -0.4 is 5.32 Å². The highest BCUT2D eigenvalue weighted by atomic mass is 32.2. The number of thiophene rings is 1. The van der Waals surface area contributed by atoms with Gasteiger partial charge in [-0.25, -0.2) is 9.48 Å². The predicted molar refractivity (Wildman–Crippen MR) is 116 cm³/mol. The van der Waals surface area contributed by atoms with Gasteiger partial charge in [-0.1, -0.05) is 47.7 Å². The van der Waals surface area contributed by atoms with Crippen LogP contribution in [0.3, 0.4) is 0 Å². The summed E-state index contributed by atoms with van der Waals surface area (Å²) in [6, 6.07) is 12.1. The Labute approximate surface area is 178 Å². The van der Waals surface area contributed by atoms with E-state index in [2.05, 4.69) is 41.5 Å². The number of allylic oxidation sites excluding steroid dienone is 1. The van der Waals surface area contributed by atoms with Crippen LogP contribution in [0.4, 0.5) is 5.95 Å². The van der Waals surface area contributed by atoms with Crippen LogP contribution in [0.15, 0.2) is 58.2 Å². The number of anilines is 1. The van der Waals surface area contributed by atoms with Gasteiger partial charge < -0.3 is 10.1 Å². The number of esters is 1. The number of thioether (sulfide) groups is 1. The van der Waals surface area contributed by atoms with Crippen LogP contribution in [-0.2, 0) is 15.3 Å². The molecular weight excluding hydrogens is 404 g/mol. The van der Waals surface area contributed by atoms with Crippen LogP contribution in [0.2, 0.25) is 0 Å². The van der Waals surface area contributed by atoms with E-state index in [-0.39, 0.29) is 12.0 Å². The molecule has 0 aliphatic carbocycles. The molecule has 1 aromatic carbocycles. The van der Waals surface area contributed by atoms with Crippen LogP contribution in [-0.4, -0.2) is 27.3 Å². The standard InChI is InChI=1S/C21H22N4O2S2/c1-4-27-19(26)17-14(3)22-20-23-21(29-12-15-8-5-7-13(2)11-15)24-25(20)18(17)16-9-6-10-28-16/h5-11,18H,4,12H2,1-3H3,(H,22,23,24)/t18-/m0/s1. The second-order valence-electron chi connectivity index (χ2n) is 6.74. The number of fused-ring (bicyclic) bond motifs is 1. The third-order valence-corrected chi connectivity index (χ3v) is 6.43. The number of benzene rings is 1. The van der Waals surface area contributed by atoms with E-state index >= 15 is 0 Å². The Hall–Kier alpha value is -2.58. The highest BCUT2D eigenvalue weighted by Crippen LogP contribution is 2.38. The lowest BCUT2D eigenvalue weighted by molar-refractivity contribution is -0.139. The predicted octanol–water partition coefficient (Wildman–Crippen LogP) is 4.79. The maximum Gasteiger partial charge on any atom is 0.338 e. The third kappa shape index (κ3) is 4.09. The number of nitrogens with one attached hydrogen (secondary N) is 1. The second-order valence-corrected chi connectivity index (χ2v) is 8.66. The summed E-state index contributed by atoms with van der Waals surface area (Å²) in [5.41, 5.74) is 3.78. The minimum atomic E-state index is -0.342. The number of aromatic nitrogens is 3. The fraction of sp³-hybridized carbons (Fsp3) is 0.286. The van der Waals surface area contributed by atoms with Crippen molar-refractivity contribution >= 4 is 35.0 Å². The van der Waals surface area contributed by atoms with E-state index < -0.39 is 0 Å². The van der Waals surface area contributed by atoms with Crippen molar-refractivity contribution < 1.29 is 9.53 Å². The molecule has 1 aliphatic heterocycles. The maximum absolute atomic E-state index is 12.7. The van der Waals surface area contributed by atoms with Crippen molar-refractivity contribution in [1.82, 2.24) is 14.8 Å². The molecule has 3 aromatic rings. The Balaban J connectivity index is 1.65. The van der Waals surface area contributed by atoms with Crippen LogP contribution in [0.5, 0.6) is 0 Å². The number of ether oxygens (including phenoxy) is 1. The molecule has 0 radical (unpaired) electrons. The molecule has 0 unspecified atom stereocenters. The van der Waals surface area contributed by atoms with Crippen LogP contribution >= 0.6 is 23.1 Å². The molecular formula is C21H22N4O2S2. The first-order valence-electron chi connectivity index (χ1n) is 9.40. The number of aryl methyl sites for hydroxylation is 1. The molecule has 0 saturated carbocycles. The highest BCUT2D eigenvalue weighted by molar-refractivity contribution is 7.98. The van der Waals surface area contributed by atoms with Gasteiger partial charge in [0, 0.05) is 16.3 Å². The first-order chi connectivity index (χ1) is 14.1. The zero-order valence-corrected chi connectivity index (χ0v) is 18.1. The van der Waals surface area contributed by atoms with Gasteiger partial charge in [-0.3, -0.25) is 0 Å². The smallest absolute Gasteiger partial charge is 0.338 e. The minimum absolute atomic E-state index is 0.328. The first kappa shape index (κ1) is 19.7. The molecule has 3 heterocycles. The van der Waals surface area contributed by atoms with E-state index in [1.807, 2.05) is 31.4 Å². The normalized spacial score (nSPS) is 15.8. The Morgan fingerprint density at radius 3 is 2.90 bits per heavy atom. The first-order valence-corrected chi connectivity index (χ1v) is 11.3. The quantitative estimate of drug-likeness (QED) is 0.451. The van der Waals surface area contributed by atoms with Crippen molar-refractivity contribution in [3.63, 3.8) is 0 Å². The van der Waals surface area contributed by atoms with E-state index in [9.17, 15) is 4.79 Å². The molecule has 0 bridgehead atoms. The molecule has 4 rings (SSSR count). The fourth-order valence-electron chi connectivity index (χ4n) is 3.33. The fourth-order valence-corrected chi connectivity index (χ4v) is 4.92. The maximum atomic E-state index is 12.7. The van der Waals surface area contributed by atoms with Crippen molar-refractivity contribution in [2.24, 2.45) is 0 Å². The highest BCUT2D eigenvalue weighted by Gasteiger charge is 2.35. The van der Waals surface area contributed by atoms with Crippen molar-refractivity contribution in [1.29, 1.82) is 0 Å². The summed E-state index contributed by atoms with van der Waals surface area (Å²) in [5, 5.41) is 10.6. The van der Waals surface area contributed by atoms with E-state index in [0.29, 0.717) is 23.3 Å². The molecule has 1 N–H and O–H groups in total.